The molecular formula is C10H12N2O3S. The van der Waals surface area contributed by atoms with Crippen molar-refractivity contribution in [1.82, 2.24) is 0 Å². The molecule has 1 heterocycles. The number of nitrogens with two attached hydrogens (primary N) is 1. The van der Waals surface area contributed by atoms with Gasteiger partial charge in [-0.3, -0.25) is 4.79 Å². The van der Waals surface area contributed by atoms with Gasteiger partial charge in [0.15, 0.2) is 9.84 Å². The molecule has 16 heavy (non-hydrogen) atoms. The van der Waals surface area contributed by atoms with E-state index in [1.807, 2.05) is 0 Å². The molecule has 0 saturated heterocycles. The zero-order chi connectivity index (χ0) is 11.9. The Hall–Kier alpha value is -1.40. The molecular weight excluding hydrogens is 228 g/mol. The lowest BCUT2D eigenvalue weighted by atomic mass is 10.2. The van der Waals surface area contributed by atoms with Gasteiger partial charge in [0, 0.05) is 6.54 Å². The number of anilines is 1. The minimum absolute atomic E-state index is 0.164. The molecule has 1 aromatic rings. The van der Waals surface area contributed by atoms with Crippen molar-refractivity contribution >= 4 is 21.4 Å². The van der Waals surface area contributed by atoms with Crippen LogP contribution in [0.3, 0.4) is 0 Å². The third-order valence-electron chi connectivity index (χ3n) is 2.68. The molecule has 1 aliphatic rings. The normalized spacial score (nSPS) is 22.4. The lowest BCUT2D eigenvalue weighted by molar-refractivity contribution is -0.115. The topological polar surface area (TPSA) is 89.3 Å². The van der Waals surface area contributed by atoms with Gasteiger partial charge in [0.1, 0.15) is 5.25 Å². The Kier molecular flexibility index (Phi) is 2.47. The fraction of sp³-hybridized carbons (Fsp3) is 0.300. The van der Waals surface area contributed by atoms with Crippen LogP contribution in [-0.4, -0.2) is 19.6 Å². The van der Waals surface area contributed by atoms with Gasteiger partial charge in [0.2, 0.25) is 5.91 Å². The zero-order valence-corrected chi connectivity index (χ0v) is 9.54. The highest BCUT2D eigenvalue weighted by Gasteiger charge is 2.36. The molecule has 1 amide bonds. The maximum Gasteiger partial charge on any atom is 0.242 e. The molecule has 1 atom stereocenters. The summed E-state index contributed by atoms with van der Waals surface area (Å²) in [4.78, 5) is 11.6. The zero-order valence-electron chi connectivity index (χ0n) is 8.73. The van der Waals surface area contributed by atoms with Crippen molar-refractivity contribution in [1.29, 1.82) is 0 Å². The summed E-state index contributed by atoms with van der Waals surface area (Å²) in [6.45, 7) is 1.68. The van der Waals surface area contributed by atoms with Crippen LogP contribution in [0.4, 0.5) is 5.69 Å². The van der Waals surface area contributed by atoms with Crippen LogP contribution in [0.25, 0.3) is 0 Å². The van der Waals surface area contributed by atoms with Gasteiger partial charge in [-0.25, -0.2) is 8.42 Å². The molecule has 2 rings (SSSR count). The van der Waals surface area contributed by atoms with E-state index in [1.165, 1.54) is 13.0 Å². The molecule has 0 aliphatic carbocycles. The summed E-state index contributed by atoms with van der Waals surface area (Å²) in [5.74, 6) is -0.498. The molecule has 86 valence electrons. The number of carbonyl (C=O) groups is 1. The van der Waals surface area contributed by atoms with Gasteiger partial charge in [0.05, 0.1) is 10.6 Å². The third kappa shape index (κ3) is 1.50. The average molecular weight is 240 g/mol. The Morgan fingerprint density at radius 2 is 2.12 bits per heavy atom. The summed E-state index contributed by atoms with van der Waals surface area (Å²) >= 11 is 0. The number of rotatable bonds is 1. The molecule has 1 aliphatic heterocycles. The lowest BCUT2D eigenvalue weighted by Gasteiger charge is -2.22. The van der Waals surface area contributed by atoms with E-state index in [1.54, 1.807) is 12.1 Å². The number of hydrogen-bond acceptors (Lipinski definition) is 4. The summed E-state index contributed by atoms with van der Waals surface area (Å²) in [5, 5.41) is 1.53. The van der Waals surface area contributed by atoms with Crippen LogP contribution in [0.5, 0.6) is 0 Å². The summed E-state index contributed by atoms with van der Waals surface area (Å²) in [6.07, 6.45) is 0. The second-order valence-corrected chi connectivity index (χ2v) is 5.95. The molecule has 0 bridgehead atoms. The molecule has 0 radical (unpaired) electrons. The fourth-order valence-electron chi connectivity index (χ4n) is 1.62. The van der Waals surface area contributed by atoms with Gasteiger partial charge < -0.3 is 11.1 Å². The lowest BCUT2D eigenvalue weighted by Crippen LogP contribution is -2.37. The van der Waals surface area contributed by atoms with Crippen molar-refractivity contribution in [3.8, 4) is 0 Å². The molecule has 0 aromatic heterocycles. The van der Waals surface area contributed by atoms with Crippen molar-refractivity contribution in [3.05, 3.63) is 23.8 Å². The predicted molar refractivity (Wildman–Crippen MR) is 59.6 cm³/mol. The Morgan fingerprint density at radius 3 is 2.75 bits per heavy atom. The van der Waals surface area contributed by atoms with Crippen molar-refractivity contribution in [3.63, 3.8) is 0 Å². The molecule has 1 unspecified atom stereocenters. The smallest absolute Gasteiger partial charge is 0.242 e. The predicted octanol–water partition coefficient (Wildman–Crippen LogP) is 0.260. The number of sulfone groups is 1. The first-order valence-corrected chi connectivity index (χ1v) is 6.39. The number of amides is 1. The second-order valence-electron chi connectivity index (χ2n) is 3.71. The highest BCUT2D eigenvalue weighted by molar-refractivity contribution is 7.93. The van der Waals surface area contributed by atoms with Gasteiger partial charge in [-0.05, 0) is 24.6 Å². The fourth-order valence-corrected chi connectivity index (χ4v) is 3.01. The standard InChI is InChI=1S/C10H12N2O3S/c1-6-10(13)12-8-4-7(5-11)2-3-9(8)16(6,14)15/h2-4,6H,5,11H2,1H3,(H,12,13). The van der Waals surface area contributed by atoms with Crippen LogP contribution in [-0.2, 0) is 21.2 Å². The van der Waals surface area contributed by atoms with Crippen LogP contribution in [0.15, 0.2) is 23.1 Å². The van der Waals surface area contributed by atoms with E-state index in [9.17, 15) is 13.2 Å². The summed E-state index contributed by atoms with van der Waals surface area (Å²) in [5.41, 5.74) is 6.56. The molecule has 0 saturated carbocycles. The van der Waals surface area contributed by atoms with Gasteiger partial charge in [0.25, 0.3) is 0 Å². The van der Waals surface area contributed by atoms with Crippen molar-refractivity contribution in [2.24, 2.45) is 5.73 Å². The van der Waals surface area contributed by atoms with Crippen LogP contribution in [0.2, 0.25) is 0 Å². The van der Waals surface area contributed by atoms with Crippen LogP contribution < -0.4 is 11.1 Å². The molecule has 1 aromatic carbocycles. The van der Waals surface area contributed by atoms with E-state index >= 15 is 0 Å². The third-order valence-corrected chi connectivity index (χ3v) is 4.79. The first kappa shape index (κ1) is 11.1. The summed E-state index contributed by atoms with van der Waals surface area (Å²) in [7, 11) is -3.55. The Balaban J connectivity index is 2.65. The summed E-state index contributed by atoms with van der Waals surface area (Å²) in [6, 6.07) is 4.74. The average Bonchev–Trinajstić information content (AvgIpc) is 2.26. The molecule has 5 nitrogen and oxygen atoms in total. The van der Waals surface area contributed by atoms with Gasteiger partial charge in [-0.1, -0.05) is 6.07 Å². The van der Waals surface area contributed by atoms with E-state index in [4.69, 9.17) is 5.73 Å². The monoisotopic (exact) mass is 240 g/mol. The maximum absolute atomic E-state index is 11.9. The van der Waals surface area contributed by atoms with E-state index in [0.717, 1.165) is 5.56 Å². The minimum Gasteiger partial charge on any atom is -0.326 e. The summed E-state index contributed by atoms with van der Waals surface area (Å²) < 4.78 is 23.8. The molecule has 0 fully saturated rings. The maximum atomic E-state index is 11.9. The molecule has 6 heteroatoms. The SMILES string of the molecule is CC1C(=O)Nc2cc(CN)ccc2S1(=O)=O. The first-order chi connectivity index (χ1) is 7.46. The van der Waals surface area contributed by atoms with E-state index in [0.29, 0.717) is 12.2 Å². The molecule has 3 N–H and O–H groups in total. The van der Waals surface area contributed by atoms with Crippen molar-refractivity contribution < 1.29 is 13.2 Å². The van der Waals surface area contributed by atoms with E-state index in [2.05, 4.69) is 5.32 Å². The van der Waals surface area contributed by atoms with Crippen LogP contribution in [0.1, 0.15) is 12.5 Å². The van der Waals surface area contributed by atoms with Gasteiger partial charge in [-0.15, -0.1) is 0 Å². The van der Waals surface area contributed by atoms with E-state index < -0.39 is 21.0 Å². The largest absolute Gasteiger partial charge is 0.326 e. The number of benzene rings is 1. The van der Waals surface area contributed by atoms with Crippen molar-refractivity contribution in [2.45, 2.75) is 23.6 Å². The number of hydrogen-bond donors (Lipinski definition) is 2. The number of carbonyl (C=O) groups excluding carboxylic acids is 1. The number of nitrogens with one attached hydrogen (secondary N) is 1. The van der Waals surface area contributed by atoms with Gasteiger partial charge >= 0.3 is 0 Å². The first-order valence-electron chi connectivity index (χ1n) is 4.84. The number of fused-ring (bicyclic) bond motifs is 1. The van der Waals surface area contributed by atoms with Crippen molar-refractivity contribution in [2.75, 3.05) is 5.32 Å². The van der Waals surface area contributed by atoms with Crippen LogP contribution >= 0.6 is 0 Å². The molecule has 0 spiro atoms. The highest BCUT2D eigenvalue weighted by atomic mass is 32.2. The quantitative estimate of drug-likeness (QED) is 0.736. The Labute approximate surface area is 93.6 Å². The Morgan fingerprint density at radius 1 is 1.44 bits per heavy atom. The van der Waals surface area contributed by atoms with Gasteiger partial charge in [-0.2, -0.15) is 0 Å². The Bertz CT molecular complexity index is 551. The van der Waals surface area contributed by atoms with E-state index in [-0.39, 0.29) is 4.90 Å². The van der Waals surface area contributed by atoms with Crippen LogP contribution in [0, 0.1) is 0 Å². The second kappa shape index (κ2) is 3.57. The highest BCUT2D eigenvalue weighted by Crippen LogP contribution is 2.30. The minimum atomic E-state index is -3.55.